The van der Waals surface area contributed by atoms with Crippen LogP contribution in [0.4, 0.5) is 0 Å². The summed E-state index contributed by atoms with van der Waals surface area (Å²) in [5.74, 6) is -0.118. The molecule has 0 fully saturated rings. The second-order valence-corrected chi connectivity index (χ2v) is 5.20. The molecule has 0 radical (unpaired) electrons. The van der Waals surface area contributed by atoms with Gasteiger partial charge in [-0.3, -0.25) is 4.79 Å². The van der Waals surface area contributed by atoms with Crippen molar-refractivity contribution in [2.45, 2.75) is 84.0 Å². The second-order valence-electron chi connectivity index (χ2n) is 5.20. The van der Waals surface area contributed by atoms with Crippen molar-refractivity contribution in [2.75, 3.05) is 7.11 Å². The molecule has 0 spiro atoms. The Balaban J connectivity index is 3.09. The molecule has 2 heteroatoms. The summed E-state index contributed by atoms with van der Waals surface area (Å²) in [6.07, 6.45) is 19.1. The molecule has 0 aliphatic heterocycles. The normalized spacial score (nSPS) is 11.1. The van der Waals surface area contributed by atoms with Gasteiger partial charge in [-0.15, -0.1) is 0 Å². The molecule has 19 heavy (non-hydrogen) atoms. The van der Waals surface area contributed by atoms with Crippen LogP contribution >= 0.6 is 0 Å². The molecular weight excluding hydrogens is 236 g/mol. The van der Waals surface area contributed by atoms with Crippen LogP contribution in [0.1, 0.15) is 84.0 Å². The van der Waals surface area contributed by atoms with Gasteiger partial charge in [-0.25, -0.2) is 0 Å². The molecule has 0 heterocycles. The van der Waals surface area contributed by atoms with Crippen LogP contribution in [-0.2, 0) is 9.53 Å². The SMILES string of the molecule is CCCCCCCCCCC/C=C\CCC(=O)OC. The highest BCUT2D eigenvalue weighted by Gasteiger charge is 1.95. The molecule has 0 atom stereocenters. The first-order valence-electron chi connectivity index (χ1n) is 8.03. The molecule has 0 aromatic heterocycles. The standard InChI is InChI=1S/C17H32O2/c1-3-4-5-6-7-8-9-10-11-12-13-14-15-16-17(18)19-2/h13-14H,3-12,15-16H2,1-2H3/b14-13-. The lowest BCUT2D eigenvalue weighted by atomic mass is 10.1. The minimum atomic E-state index is -0.118. The van der Waals surface area contributed by atoms with E-state index in [1.165, 1.54) is 64.9 Å². The molecule has 0 aliphatic carbocycles. The smallest absolute Gasteiger partial charge is 0.305 e. The van der Waals surface area contributed by atoms with Crippen LogP contribution in [0.3, 0.4) is 0 Å². The van der Waals surface area contributed by atoms with Gasteiger partial charge in [0.25, 0.3) is 0 Å². The monoisotopic (exact) mass is 268 g/mol. The van der Waals surface area contributed by atoms with E-state index in [0.29, 0.717) is 6.42 Å². The molecule has 0 saturated carbocycles. The van der Waals surface area contributed by atoms with Crippen LogP contribution in [0.2, 0.25) is 0 Å². The highest BCUT2D eigenvalue weighted by molar-refractivity contribution is 5.69. The fourth-order valence-electron chi connectivity index (χ4n) is 2.11. The lowest BCUT2D eigenvalue weighted by Gasteiger charge is -2.00. The van der Waals surface area contributed by atoms with Gasteiger partial charge >= 0.3 is 5.97 Å². The molecule has 0 rings (SSSR count). The van der Waals surface area contributed by atoms with Crippen LogP contribution in [-0.4, -0.2) is 13.1 Å². The van der Waals surface area contributed by atoms with E-state index in [1.54, 1.807) is 0 Å². The van der Waals surface area contributed by atoms with Crippen LogP contribution in [0.15, 0.2) is 12.2 Å². The molecule has 0 amide bonds. The third-order valence-electron chi connectivity index (χ3n) is 3.38. The van der Waals surface area contributed by atoms with E-state index in [9.17, 15) is 4.79 Å². The van der Waals surface area contributed by atoms with Gasteiger partial charge in [-0.05, 0) is 19.3 Å². The molecule has 0 aromatic carbocycles. The predicted molar refractivity (Wildman–Crippen MR) is 82.2 cm³/mol. The van der Waals surface area contributed by atoms with E-state index in [0.717, 1.165) is 12.8 Å². The zero-order valence-corrected chi connectivity index (χ0v) is 13.0. The lowest BCUT2D eigenvalue weighted by molar-refractivity contribution is -0.140. The van der Waals surface area contributed by atoms with Gasteiger partial charge in [-0.1, -0.05) is 70.4 Å². The Kier molecular flexibility index (Phi) is 14.6. The number of unbranched alkanes of at least 4 members (excludes halogenated alkanes) is 9. The predicted octanol–water partition coefficient (Wildman–Crippen LogP) is 5.42. The number of hydrogen-bond donors (Lipinski definition) is 0. The summed E-state index contributed by atoms with van der Waals surface area (Å²) in [5, 5.41) is 0. The maximum Gasteiger partial charge on any atom is 0.305 e. The number of methoxy groups -OCH3 is 1. The number of allylic oxidation sites excluding steroid dienone is 2. The Labute approximate surface area is 119 Å². The minimum absolute atomic E-state index is 0.118. The summed E-state index contributed by atoms with van der Waals surface area (Å²) in [5.41, 5.74) is 0. The van der Waals surface area contributed by atoms with Gasteiger partial charge in [0.05, 0.1) is 7.11 Å². The van der Waals surface area contributed by atoms with Gasteiger partial charge < -0.3 is 4.74 Å². The Morgan fingerprint density at radius 2 is 1.37 bits per heavy atom. The topological polar surface area (TPSA) is 26.3 Å². The fourth-order valence-corrected chi connectivity index (χ4v) is 2.11. The van der Waals surface area contributed by atoms with Crippen molar-refractivity contribution in [2.24, 2.45) is 0 Å². The first-order valence-corrected chi connectivity index (χ1v) is 8.03. The molecule has 0 saturated heterocycles. The molecular formula is C17H32O2. The fraction of sp³-hybridized carbons (Fsp3) is 0.824. The van der Waals surface area contributed by atoms with E-state index in [1.807, 2.05) is 0 Å². The molecule has 112 valence electrons. The Bertz CT molecular complexity index is 221. The van der Waals surface area contributed by atoms with Crippen LogP contribution in [0.25, 0.3) is 0 Å². The summed E-state index contributed by atoms with van der Waals surface area (Å²) in [6.45, 7) is 2.26. The molecule has 0 aromatic rings. The average Bonchev–Trinajstić information content (AvgIpc) is 2.43. The van der Waals surface area contributed by atoms with E-state index >= 15 is 0 Å². The second kappa shape index (κ2) is 15.3. The molecule has 0 unspecified atom stereocenters. The highest BCUT2D eigenvalue weighted by Crippen LogP contribution is 2.10. The van der Waals surface area contributed by atoms with Gasteiger partial charge in [0.1, 0.15) is 0 Å². The van der Waals surface area contributed by atoms with Gasteiger partial charge in [-0.2, -0.15) is 0 Å². The summed E-state index contributed by atoms with van der Waals surface area (Å²) < 4.78 is 4.58. The van der Waals surface area contributed by atoms with E-state index in [2.05, 4.69) is 23.8 Å². The van der Waals surface area contributed by atoms with Crippen molar-refractivity contribution >= 4 is 5.97 Å². The van der Waals surface area contributed by atoms with Crippen LogP contribution < -0.4 is 0 Å². The summed E-state index contributed by atoms with van der Waals surface area (Å²) in [7, 11) is 1.44. The third kappa shape index (κ3) is 15.2. The first-order chi connectivity index (χ1) is 9.31. The Morgan fingerprint density at radius 1 is 0.842 bits per heavy atom. The van der Waals surface area contributed by atoms with Crippen molar-refractivity contribution < 1.29 is 9.53 Å². The Hall–Kier alpha value is -0.790. The summed E-state index contributed by atoms with van der Waals surface area (Å²) in [6, 6.07) is 0. The zero-order valence-electron chi connectivity index (χ0n) is 13.0. The quantitative estimate of drug-likeness (QED) is 0.253. The number of hydrogen-bond acceptors (Lipinski definition) is 2. The summed E-state index contributed by atoms with van der Waals surface area (Å²) in [4.78, 5) is 10.9. The van der Waals surface area contributed by atoms with E-state index in [4.69, 9.17) is 0 Å². The highest BCUT2D eigenvalue weighted by atomic mass is 16.5. The van der Waals surface area contributed by atoms with Crippen molar-refractivity contribution in [1.82, 2.24) is 0 Å². The van der Waals surface area contributed by atoms with Crippen LogP contribution in [0.5, 0.6) is 0 Å². The first kappa shape index (κ1) is 18.2. The number of rotatable bonds is 13. The maximum absolute atomic E-state index is 10.9. The number of ether oxygens (including phenoxy) is 1. The maximum atomic E-state index is 10.9. The number of carbonyl (C=O) groups excluding carboxylic acids is 1. The number of esters is 1. The minimum Gasteiger partial charge on any atom is -0.469 e. The largest absolute Gasteiger partial charge is 0.469 e. The van der Waals surface area contributed by atoms with E-state index in [-0.39, 0.29) is 5.97 Å². The molecule has 0 N–H and O–H groups in total. The average molecular weight is 268 g/mol. The molecule has 0 aliphatic rings. The summed E-state index contributed by atoms with van der Waals surface area (Å²) >= 11 is 0. The van der Waals surface area contributed by atoms with Crippen molar-refractivity contribution in [3.05, 3.63) is 12.2 Å². The van der Waals surface area contributed by atoms with Crippen molar-refractivity contribution in [3.8, 4) is 0 Å². The third-order valence-corrected chi connectivity index (χ3v) is 3.38. The van der Waals surface area contributed by atoms with Crippen LogP contribution in [0, 0.1) is 0 Å². The van der Waals surface area contributed by atoms with Gasteiger partial charge in [0.15, 0.2) is 0 Å². The van der Waals surface area contributed by atoms with Gasteiger partial charge in [0.2, 0.25) is 0 Å². The van der Waals surface area contributed by atoms with Crippen molar-refractivity contribution in [3.63, 3.8) is 0 Å². The number of carbonyl (C=O) groups is 1. The Morgan fingerprint density at radius 3 is 1.95 bits per heavy atom. The molecule has 2 nitrogen and oxygen atoms in total. The zero-order chi connectivity index (χ0) is 14.2. The van der Waals surface area contributed by atoms with Crippen molar-refractivity contribution in [1.29, 1.82) is 0 Å². The van der Waals surface area contributed by atoms with Gasteiger partial charge in [0, 0.05) is 6.42 Å². The lowest BCUT2D eigenvalue weighted by Crippen LogP contribution is -1.97. The molecule has 0 bridgehead atoms. The van der Waals surface area contributed by atoms with E-state index < -0.39 is 0 Å².